The van der Waals surface area contributed by atoms with Crippen LogP contribution in [0.3, 0.4) is 0 Å². The minimum atomic E-state index is -0.130. The van der Waals surface area contributed by atoms with E-state index < -0.39 is 0 Å². The van der Waals surface area contributed by atoms with Gasteiger partial charge in [0.05, 0.1) is 0 Å². The van der Waals surface area contributed by atoms with Crippen LogP contribution in [0, 0.1) is 11.8 Å². The molecule has 0 aromatic heterocycles. The highest BCUT2D eigenvalue weighted by atomic mass is 16.3. The Kier molecular flexibility index (Phi) is 8.69. The summed E-state index contributed by atoms with van der Waals surface area (Å²) in [5.41, 5.74) is 0. The molecule has 5 heteroatoms. The van der Waals surface area contributed by atoms with Gasteiger partial charge in [0.2, 0.25) is 0 Å². The monoisotopic (exact) mass is 299 g/mol. The first kappa shape index (κ1) is 18.2. The highest BCUT2D eigenvalue weighted by Gasteiger charge is 2.15. The fraction of sp³-hybridized carbons (Fsp3) is 0.938. The second-order valence-electron chi connectivity index (χ2n) is 6.58. The molecule has 0 aromatic rings. The van der Waals surface area contributed by atoms with Crippen molar-refractivity contribution >= 4 is 6.03 Å². The lowest BCUT2D eigenvalue weighted by atomic mass is 9.99. The van der Waals surface area contributed by atoms with Gasteiger partial charge < -0.3 is 20.6 Å². The molecule has 1 aliphatic rings. The Morgan fingerprint density at radius 2 is 1.95 bits per heavy atom. The van der Waals surface area contributed by atoms with Gasteiger partial charge in [-0.1, -0.05) is 13.8 Å². The largest absolute Gasteiger partial charge is 0.396 e. The number of hydrogen-bond donors (Lipinski definition) is 3. The molecule has 0 aromatic carbocycles. The molecule has 1 aliphatic heterocycles. The van der Waals surface area contributed by atoms with E-state index >= 15 is 0 Å². The van der Waals surface area contributed by atoms with Crippen LogP contribution in [0.4, 0.5) is 4.79 Å². The molecule has 0 bridgehead atoms. The number of carbonyl (C=O) groups is 1. The zero-order valence-electron chi connectivity index (χ0n) is 13.9. The number of rotatable bonds is 8. The number of nitrogens with one attached hydrogen (secondary N) is 2. The van der Waals surface area contributed by atoms with Crippen molar-refractivity contribution in [3.8, 4) is 0 Å². The van der Waals surface area contributed by atoms with Gasteiger partial charge in [0, 0.05) is 19.2 Å². The minimum absolute atomic E-state index is 0.00894. The normalized spacial score (nSPS) is 20.0. The number of carbonyl (C=O) groups excluding carboxylic acids is 1. The molecule has 0 spiro atoms. The second kappa shape index (κ2) is 10.0. The summed E-state index contributed by atoms with van der Waals surface area (Å²) in [5, 5.41) is 14.8. The first-order valence-electron chi connectivity index (χ1n) is 8.40. The van der Waals surface area contributed by atoms with Crippen molar-refractivity contribution in [3.63, 3.8) is 0 Å². The molecule has 1 heterocycles. The number of nitrogens with zero attached hydrogens (tertiary/aromatic N) is 1. The lowest BCUT2D eigenvalue weighted by molar-refractivity contribution is 0.189. The molecule has 124 valence electrons. The standard InChI is InChI=1S/C16H33N3O2/c1-13-6-10-19(11-7-13)9-5-4-8-17-16(21)18-15(3)14(2)12-20/h13-15,20H,4-12H2,1-3H3,(H2,17,18,21). The Labute approximate surface area is 129 Å². The average molecular weight is 299 g/mol. The van der Waals surface area contributed by atoms with Crippen LogP contribution < -0.4 is 10.6 Å². The third kappa shape index (κ3) is 7.67. The lowest BCUT2D eigenvalue weighted by Crippen LogP contribution is -2.44. The van der Waals surface area contributed by atoms with Crippen molar-refractivity contribution in [3.05, 3.63) is 0 Å². The molecule has 2 unspecified atom stereocenters. The van der Waals surface area contributed by atoms with E-state index in [0.29, 0.717) is 0 Å². The highest BCUT2D eigenvalue weighted by Crippen LogP contribution is 2.15. The van der Waals surface area contributed by atoms with Gasteiger partial charge in [0.25, 0.3) is 0 Å². The van der Waals surface area contributed by atoms with Crippen molar-refractivity contribution in [2.75, 3.05) is 32.8 Å². The summed E-state index contributed by atoms with van der Waals surface area (Å²) in [7, 11) is 0. The van der Waals surface area contributed by atoms with Gasteiger partial charge in [-0.3, -0.25) is 0 Å². The molecule has 2 amide bonds. The summed E-state index contributed by atoms with van der Waals surface area (Å²) >= 11 is 0. The quantitative estimate of drug-likeness (QED) is 0.599. The molecule has 5 nitrogen and oxygen atoms in total. The molecule has 0 aliphatic carbocycles. The number of aliphatic hydroxyl groups excluding tert-OH is 1. The van der Waals surface area contributed by atoms with Crippen LogP contribution in [0.1, 0.15) is 46.5 Å². The van der Waals surface area contributed by atoms with Crippen LogP contribution in [-0.4, -0.2) is 54.9 Å². The van der Waals surface area contributed by atoms with Crippen LogP contribution in [0.2, 0.25) is 0 Å². The third-order valence-electron chi connectivity index (χ3n) is 4.56. The van der Waals surface area contributed by atoms with Crippen LogP contribution in [0.15, 0.2) is 0 Å². The smallest absolute Gasteiger partial charge is 0.315 e. The van der Waals surface area contributed by atoms with E-state index in [0.717, 1.165) is 31.8 Å². The SMILES string of the molecule is CC1CCN(CCCCNC(=O)NC(C)C(C)CO)CC1. The van der Waals surface area contributed by atoms with Gasteiger partial charge in [0.15, 0.2) is 0 Å². The fourth-order valence-corrected chi connectivity index (χ4v) is 2.51. The Morgan fingerprint density at radius 1 is 1.29 bits per heavy atom. The number of likely N-dealkylation sites (tertiary alicyclic amines) is 1. The summed E-state index contributed by atoms with van der Waals surface area (Å²) in [5.74, 6) is 0.965. The van der Waals surface area contributed by atoms with Crippen LogP contribution in [0.5, 0.6) is 0 Å². The number of urea groups is 1. The topological polar surface area (TPSA) is 64.6 Å². The van der Waals surface area contributed by atoms with E-state index in [-0.39, 0.29) is 24.6 Å². The molecule has 1 saturated heterocycles. The molecular weight excluding hydrogens is 266 g/mol. The van der Waals surface area contributed by atoms with Crippen molar-refractivity contribution in [2.24, 2.45) is 11.8 Å². The first-order valence-corrected chi connectivity index (χ1v) is 8.40. The van der Waals surface area contributed by atoms with Crippen LogP contribution in [-0.2, 0) is 0 Å². The van der Waals surface area contributed by atoms with E-state index in [4.69, 9.17) is 5.11 Å². The van der Waals surface area contributed by atoms with E-state index in [1.165, 1.54) is 25.9 Å². The molecule has 1 fully saturated rings. The van der Waals surface area contributed by atoms with Gasteiger partial charge in [-0.2, -0.15) is 0 Å². The number of unbranched alkanes of at least 4 members (excludes halogenated alkanes) is 1. The Balaban J connectivity index is 1.99. The summed E-state index contributed by atoms with van der Waals surface area (Å²) < 4.78 is 0. The van der Waals surface area contributed by atoms with Gasteiger partial charge >= 0.3 is 6.03 Å². The molecule has 3 N–H and O–H groups in total. The number of hydrogen-bond acceptors (Lipinski definition) is 3. The zero-order valence-corrected chi connectivity index (χ0v) is 13.9. The molecular formula is C16H33N3O2. The van der Waals surface area contributed by atoms with Gasteiger partial charge in [-0.05, 0) is 64.1 Å². The van der Waals surface area contributed by atoms with E-state index in [9.17, 15) is 4.79 Å². The zero-order chi connectivity index (χ0) is 15.7. The lowest BCUT2D eigenvalue weighted by Gasteiger charge is -2.30. The first-order chi connectivity index (χ1) is 10.0. The third-order valence-corrected chi connectivity index (χ3v) is 4.56. The number of aliphatic hydroxyl groups is 1. The maximum absolute atomic E-state index is 11.7. The van der Waals surface area contributed by atoms with Crippen molar-refractivity contribution in [1.29, 1.82) is 0 Å². The van der Waals surface area contributed by atoms with E-state index in [2.05, 4.69) is 22.5 Å². The fourth-order valence-electron chi connectivity index (χ4n) is 2.51. The number of amides is 2. The van der Waals surface area contributed by atoms with Crippen molar-refractivity contribution in [2.45, 2.75) is 52.5 Å². The van der Waals surface area contributed by atoms with Gasteiger partial charge in [-0.25, -0.2) is 4.79 Å². The van der Waals surface area contributed by atoms with Crippen LogP contribution in [0.25, 0.3) is 0 Å². The molecule has 0 radical (unpaired) electrons. The van der Waals surface area contributed by atoms with E-state index in [1.807, 2.05) is 13.8 Å². The maximum atomic E-state index is 11.7. The summed E-state index contributed by atoms with van der Waals surface area (Å²) in [6.07, 6.45) is 4.80. The molecule has 21 heavy (non-hydrogen) atoms. The summed E-state index contributed by atoms with van der Waals surface area (Å²) in [6.45, 7) is 10.6. The molecule has 0 saturated carbocycles. The average Bonchev–Trinajstić information content (AvgIpc) is 2.47. The predicted molar refractivity (Wildman–Crippen MR) is 86.3 cm³/mol. The molecule has 2 atom stereocenters. The Morgan fingerprint density at radius 3 is 2.57 bits per heavy atom. The van der Waals surface area contributed by atoms with Crippen molar-refractivity contribution < 1.29 is 9.90 Å². The summed E-state index contributed by atoms with van der Waals surface area (Å²) in [6, 6.07) is -0.139. The second-order valence-corrected chi connectivity index (χ2v) is 6.58. The van der Waals surface area contributed by atoms with Gasteiger partial charge in [-0.15, -0.1) is 0 Å². The highest BCUT2D eigenvalue weighted by molar-refractivity contribution is 5.74. The predicted octanol–water partition coefficient (Wildman–Crippen LogP) is 1.81. The van der Waals surface area contributed by atoms with E-state index in [1.54, 1.807) is 0 Å². The number of piperidine rings is 1. The van der Waals surface area contributed by atoms with Gasteiger partial charge in [0.1, 0.15) is 0 Å². The van der Waals surface area contributed by atoms with Crippen LogP contribution >= 0.6 is 0 Å². The minimum Gasteiger partial charge on any atom is -0.396 e. The summed E-state index contributed by atoms with van der Waals surface area (Å²) in [4.78, 5) is 14.2. The molecule has 1 rings (SSSR count). The Bertz CT molecular complexity index is 291. The van der Waals surface area contributed by atoms with Crippen molar-refractivity contribution in [1.82, 2.24) is 15.5 Å². The Hall–Kier alpha value is -0.810. The maximum Gasteiger partial charge on any atom is 0.315 e.